The summed E-state index contributed by atoms with van der Waals surface area (Å²) in [4.78, 5) is 22.7. The first kappa shape index (κ1) is 16.6. The van der Waals surface area contributed by atoms with Crippen molar-refractivity contribution in [3.63, 3.8) is 0 Å². The number of ether oxygens (including phenoxy) is 2. The molecule has 1 aliphatic heterocycles. The van der Waals surface area contributed by atoms with Crippen molar-refractivity contribution >= 4 is 40.6 Å². The fraction of sp³-hybridized carbons (Fsp3) is 0.333. The number of imide groups is 1. The molecule has 1 aliphatic rings. The maximum absolute atomic E-state index is 11.6. The summed E-state index contributed by atoms with van der Waals surface area (Å²) in [5, 5.41) is 4.62. The van der Waals surface area contributed by atoms with Crippen LogP contribution in [0.15, 0.2) is 17.8 Å². The Morgan fingerprint density at radius 3 is 2.55 bits per heavy atom. The van der Waals surface area contributed by atoms with Gasteiger partial charge < -0.3 is 14.8 Å². The Morgan fingerprint density at radius 1 is 1.27 bits per heavy atom. The molecule has 1 aromatic carbocycles. The number of benzene rings is 1. The summed E-state index contributed by atoms with van der Waals surface area (Å²) in [7, 11) is 0. The van der Waals surface area contributed by atoms with E-state index in [0.29, 0.717) is 18.1 Å². The van der Waals surface area contributed by atoms with Crippen molar-refractivity contribution in [1.82, 2.24) is 10.6 Å². The number of carbonyl (C=O) groups is 2. The highest BCUT2D eigenvalue weighted by molar-refractivity contribution is 14.1. The molecule has 1 heterocycles. The van der Waals surface area contributed by atoms with Crippen molar-refractivity contribution in [2.75, 3.05) is 6.61 Å². The number of hydrogen-bond donors (Lipinski definition) is 2. The molecule has 3 amide bonds. The van der Waals surface area contributed by atoms with Gasteiger partial charge in [0.1, 0.15) is 5.70 Å². The van der Waals surface area contributed by atoms with Crippen molar-refractivity contribution in [2.45, 2.75) is 26.9 Å². The molecule has 0 radical (unpaired) electrons. The molecule has 22 heavy (non-hydrogen) atoms. The molecule has 0 atom stereocenters. The number of carbonyl (C=O) groups excluding carboxylic acids is 2. The minimum absolute atomic E-state index is 0.0248. The average Bonchev–Trinajstić information content (AvgIpc) is 2.72. The van der Waals surface area contributed by atoms with Gasteiger partial charge in [-0.1, -0.05) is 0 Å². The van der Waals surface area contributed by atoms with Crippen molar-refractivity contribution < 1.29 is 19.1 Å². The van der Waals surface area contributed by atoms with Gasteiger partial charge in [0.25, 0.3) is 5.91 Å². The number of rotatable bonds is 5. The Balaban J connectivity index is 2.40. The second-order valence-corrected chi connectivity index (χ2v) is 6.06. The van der Waals surface area contributed by atoms with E-state index in [-0.39, 0.29) is 11.8 Å². The topological polar surface area (TPSA) is 76.7 Å². The van der Waals surface area contributed by atoms with E-state index in [9.17, 15) is 9.59 Å². The van der Waals surface area contributed by atoms with E-state index in [1.165, 1.54) is 0 Å². The second-order valence-electron chi connectivity index (χ2n) is 4.90. The lowest BCUT2D eigenvalue weighted by Gasteiger charge is -2.17. The van der Waals surface area contributed by atoms with Crippen LogP contribution < -0.4 is 20.1 Å². The van der Waals surface area contributed by atoms with Crippen molar-refractivity contribution in [2.24, 2.45) is 0 Å². The van der Waals surface area contributed by atoms with Crippen LogP contribution in [0.25, 0.3) is 6.08 Å². The molecule has 1 fully saturated rings. The summed E-state index contributed by atoms with van der Waals surface area (Å²) < 4.78 is 12.3. The van der Waals surface area contributed by atoms with Crippen LogP contribution in [0.3, 0.4) is 0 Å². The SMILES string of the molecule is CCOc1cc(C=C2NC(=O)NC2=O)cc(I)c1OC(C)C. The second kappa shape index (κ2) is 6.99. The van der Waals surface area contributed by atoms with E-state index in [1.54, 1.807) is 12.1 Å². The summed E-state index contributed by atoms with van der Waals surface area (Å²) in [5.41, 5.74) is 0.956. The van der Waals surface area contributed by atoms with Gasteiger partial charge in [-0.25, -0.2) is 4.79 Å². The molecular weight excluding hydrogens is 399 g/mol. The Bertz CT molecular complexity index is 641. The summed E-state index contributed by atoms with van der Waals surface area (Å²) in [5.74, 6) is 0.847. The van der Waals surface area contributed by atoms with E-state index in [4.69, 9.17) is 9.47 Å². The van der Waals surface area contributed by atoms with E-state index in [2.05, 4.69) is 33.2 Å². The maximum Gasteiger partial charge on any atom is 0.326 e. The zero-order valence-corrected chi connectivity index (χ0v) is 14.7. The van der Waals surface area contributed by atoms with Crippen molar-refractivity contribution in [3.05, 3.63) is 27.0 Å². The normalized spacial score (nSPS) is 16.0. The fourth-order valence-corrected chi connectivity index (χ4v) is 2.69. The third kappa shape index (κ3) is 3.90. The quantitative estimate of drug-likeness (QED) is 0.440. The minimum atomic E-state index is -0.518. The predicted molar refractivity (Wildman–Crippen MR) is 90.7 cm³/mol. The van der Waals surface area contributed by atoms with Gasteiger partial charge in [0, 0.05) is 0 Å². The number of halogens is 1. The molecule has 2 N–H and O–H groups in total. The van der Waals surface area contributed by atoms with Crippen LogP contribution in [-0.4, -0.2) is 24.6 Å². The molecule has 0 aliphatic carbocycles. The Morgan fingerprint density at radius 2 is 2.00 bits per heavy atom. The van der Waals surface area contributed by atoms with E-state index in [1.807, 2.05) is 26.8 Å². The molecule has 1 saturated heterocycles. The summed E-state index contributed by atoms with van der Waals surface area (Å²) in [6.07, 6.45) is 1.63. The molecule has 1 aromatic rings. The van der Waals surface area contributed by atoms with Crippen LogP contribution in [0, 0.1) is 3.57 Å². The number of hydrogen-bond acceptors (Lipinski definition) is 4. The highest BCUT2D eigenvalue weighted by Crippen LogP contribution is 2.35. The molecule has 0 spiro atoms. The van der Waals surface area contributed by atoms with Gasteiger partial charge in [-0.15, -0.1) is 0 Å². The third-order valence-electron chi connectivity index (χ3n) is 2.72. The van der Waals surface area contributed by atoms with Crippen LogP contribution in [0.1, 0.15) is 26.3 Å². The number of amides is 3. The first-order valence-corrected chi connectivity index (χ1v) is 7.95. The predicted octanol–water partition coefficient (Wildman–Crippen LogP) is 2.66. The largest absolute Gasteiger partial charge is 0.490 e. The highest BCUT2D eigenvalue weighted by atomic mass is 127. The Labute approximate surface area is 142 Å². The van der Waals surface area contributed by atoms with Gasteiger partial charge in [0.05, 0.1) is 16.3 Å². The molecule has 0 bridgehead atoms. The van der Waals surface area contributed by atoms with E-state index < -0.39 is 11.9 Å². The number of nitrogens with one attached hydrogen (secondary N) is 2. The van der Waals surface area contributed by atoms with Crippen molar-refractivity contribution in [3.8, 4) is 11.5 Å². The third-order valence-corrected chi connectivity index (χ3v) is 3.52. The molecule has 2 rings (SSSR count). The smallest absolute Gasteiger partial charge is 0.326 e. The molecular formula is C15H17IN2O4. The molecule has 7 heteroatoms. The minimum Gasteiger partial charge on any atom is -0.490 e. The van der Waals surface area contributed by atoms with Crippen molar-refractivity contribution in [1.29, 1.82) is 0 Å². The molecule has 0 saturated carbocycles. The van der Waals surface area contributed by atoms with E-state index >= 15 is 0 Å². The first-order valence-electron chi connectivity index (χ1n) is 6.87. The zero-order valence-electron chi connectivity index (χ0n) is 12.5. The lowest BCUT2D eigenvalue weighted by molar-refractivity contribution is -0.115. The van der Waals surface area contributed by atoms with Crippen LogP contribution in [-0.2, 0) is 4.79 Å². The summed E-state index contributed by atoms with van der Waals surface area (Å²) >= 11 is 2.16. The standard InChI is InChI=1S/C15H17IN2O4/c1-4-21-12-7-9(5-10(16)13(12)22-8(2)3)6-11-14(19)18-15(20)17-11/h5-8H,4H2,1-3H3,(H2,17,18,19,20). The van der Waals surface area contributed by atoms with Gasteiger partial charge in [0.15, 0.2) is 11.5 Å². The van der Waals surface area contributed by atoms with Crippen LogP contribution in [0.5, 0.6) is 11.5 Å². The fourth-order valence-electron chi connectivity index (χ4n) is 1.93. The van der Waals surface area contributed by atoms with Gasteiger partial charge in [-0.05, 0) is 67.1 Å². The van der Waals surface area contributed by atoms with Gasteiger partial charge in [-0.3, -0.25) is 10.1 Å². The first-order chi connectivity index (χ1) is 10.4. The zero-order chi connectivity index (χ0) is 16.3. The van der Waals surface area contributed by atoms with Crippen LogP contribution >= 0.6 is 22.6 Å². The molecule has 0 aromatic heterocycles. The van der Waals surface area contributed by atoms with Crippen LogP contribution in [0.4, 0.5) is 4.79 Å². The number of urea groups is 1. The van der Waals surface area contributed by atoms with Crippen LogP contribution in [0.2, 0.25) is 0 Å². The lowest BCUT2D eigenvalue weighted by atomic mass is 10.1. The molecule has 0 unspecified atom stereocenters. The lowest BCUT2D eigenvalue weighted by Crippen LogP contribution is -2.22. The van der Waals surface area contributed by atoms with Gasteiger partial charge in [0.2, 0.25) is 0 Å². The Hall–Kier alpha value is -1.77. The highest BCUT2D eigenvalue weighted by Gasteiger charge is 2.23. The monoisotopic (exact) mass is 416 g/mol. The maximum atomic E-state index is 11.6. The van der Waals surface area contributed by atoms with Gasteiger partial charge >= 0.3 is 6.03 Å². The molecule has 6 nitrogen and oxygen atoms in total. The molecule has 118 valence electrons. The Kier molecular flexibility index (Phi) is 5.28. The van der Waals surface area contributed by atoms with E-state index in [0.717, 1.165) is 9.13 Å². The summed E-state index contributed by atoms with van der Waals surface area (Å²) in [6, 6.07) is 3.13. The average molecular weight is 416 g/mol. The summed E-state index contributed by atoms with van der Waals surface area (Å²) in [6.45, 7) is 6.28. The van der Waals surface area contributed by atoms with Gasteiger partial charge in [-0.2, -0.15) is 0 Å².